The van der Waals surface area contributed by atoms with Gasteiger partial charge in [0.05, 0.1) is 5.69 Å². The fourth-order valence-electron chi connectivity index (χ4n) is 4.25. The third kappa shape index (κ3) is 3.83. The highest BCUT2D eigenvalue weighted by molar-refractivity contribution is 6.31. The molecule has 1 saturated heterocycles. The zero-order valence-corrected chi connectivity index (χ0v) is 16.9. The van der Waals surface area contributed by atoms with E-state index in [1.54, 1.807) is 6.20 Å². The Bertz CT molecular complexity index is 1010. The Hall–Kier alpha value is -2.56. The summed E-state index contributed by atoms with van der Waals surface area (Å²) in [4.78, 5) is 6.93. The zero-order chi connectivity index (χ0) is 19.6. The summed E-state index contributed by atoms with van der Waals surface area (Å²) in [7, 11) is 0. The molecule has 29 heavy (non-hydrogen) atoms. The Balaban J connectivity index is 1.36. The number of benzene rings is 2. The second-order valence-electron chi connectivity index (χ2n) is 7.55. The molecule has 3 heterocycles. The van der Waals surface area contributed by atoms with Crippen molar-refractivity contribution in [1.29, 1.82) is 0 Å². The third-order valence-electron chi connectivity index (χ3n) is 5.70. The van der Waals surface area contributed by atoms with E-state index >= 15 is 0 Å². The molecule has 2 aliphatic heterocycles. The average molecular weight is 407 g/mol. The van der Waals surface area contributed by atoms with E-state index in [2.05, 4.69) is 34.1 Å². The minimum absolute atomic E-state index is 0.373. The van der Waals surface area contributed by atoms with Gasteiger partial charge in [0.1, 0.15) is 13.2 Å². The van der Waals surface area contributed by atoms with Crippen LogP contribution in [0, 0.1) is 0 Å². The number of fused-ring (bicyclic) bond motifs is 1. The van der Waals surface area contributed by atoms with Crippen molar-refractivity contribution in [3.8, 4) is 22.8 Å². The number of hydrogen-bond acceptors (Lipinski definition) is 4. The molecule has 2 aliphatic rings. The standard InChI is InChI=1S/C24H23ClN2O2/c25-20-14-17(21-4-1-2-10-26-21)6-7-19(20)16-27-11-3-5-22(27)18-8-9-23-24(15-18)29-13-12-28-23/h1-2,4,6-10,14-15,22H,3,5,11-13,16H2/t22-/m0/s1. The molecule has 5 rings (SSSR count). The predicted octanol–water partition coefficient (Wildman–Crippen LogP) is 5.51. The summed E-state index contributed by atoms with van der Waals surface area (Å²) in [6, 6.07) is 18.9. The summed E-state index contributed by atoms with van der Waals surface area (Å²) in [6.45, 7) is 3.13. The number of ether oxygens (including phenoxy) is 2. The number of likely N-dealkylation sites (tertiary alicyclic amines) is 1. The van der Waals surface area contributed by atoms with Crippen LogP contribution in [0.5, 0.6) is 11.5 Å². The van der Waals surface area contributed by atoms with E-state index in [0.29, 0.717) is 19.3 Å². The van der Waals surface area contributed by atoms with Gasteiger partial charge in [-0.05, 0) is 60.8 Å². The molecule has 0 unspecified atom stereocenters. The molecule has 148 valence electrons. The number of pyridine rings is 1. The van der Waals surface area contributed by atoms with Crippen LogP contribution in [0.25, 0.3) is 11.3 Å². The van der Waals surface area contributed by atoms with Crippen molar-refractivity contribution < 1.29 is 9.47 Å². The summed E-state index contributed by atoms with van der Waals surface area (Å²) in [5, 5.41) is 0.793. The van der Waals surface area contributed by atoms with Crippen LogP contribution in [0.1, 0.15) is 30.0 Å². The average Bonchev–Trinajstić information content (AvgIpc) is 3.23. The molecule has 3 aromatic rings. The van der Waals surface area contributed by atoms with Crippen LogP contribution >= 0.6 is 11.6 Å². The second kappa shape index (κ2) is 8.05. The SMILES string of the molecule is Clc1cc(-c2ccccn2)ccc1CN1CCC[C@H]1c1ccc2c(c1)OCCO2. The first kappa shape index (κ1) is 18.5. The fourth-order valence-corrected chi connectivity index (χ4v) is 4.49. The van der Waals surface area contributed by atoms with Gasteiger partial charge in [-0.25, -0.2) is 0 Å². The molecule has 5 heteroatoms. The number of hydrogen-bond donors (Lipinski definition) is 0. The van der Waals surface area contributed by atoms with Gasteiger partial charge in [0.2, 0.25) is 0 Å². The van der Waals surface area contributed by atoms with Crippen molar-refractivity contribution in [2.75, 3.05) is 19.8 Å². The van der Waals surface area contributed by atoms with Gasteiger partial charge >= 0.3 is 0 Å². The lowest BCUT2D eigenvalue weighted by molar-refractivity contribution is 0.170. The van der Waals surface area contributed by atoms with E-state index in [4.69, 9.17) is 21.1 Å². The molecule has 0 amide bonds. The molecule has 1 aromatic heterocycles. The molecular formula is C24H23ClN2O2. The third-order valence-corrected chi connectivity index (χ3v) is 6.05. The number of halogens is 1. The highest BCUT2D eigenvalue weighted by Gasteiger charge is 2.28. The van der Waals surface area contributed by atoms with Gasteiger partial charge in [-0.1, -0.05) is 35.9 Å². The van der Waals surface area contributed by atoms with Crippen molar-refractivity contribution >= 4 is 11.6 Å². The van der Waals surface area contributed by atoms with E-state index in [0.717, 1.165) is 52.9 Å². The van der Waals surface area contributed by atoms with Crippen molar-refractivity contribution in [1.82, 2.24) is 9.88 Å². The molecule has 0 spiro atoms. The minimum Gasteiger partial charge on any atom is -0.486 e. The number of nitrogens with zero attached hydrogens (tertiary/aromatic N) is 2. The van der Waals surface area contributed by atoms with Crippen LogP contribution in [0.15, 0.2) is 60.8 Å². The smallest absolute Gasteiger partial charge is 0.161 e. The van der Waals surface area contributed by atoms with Crippen LogP contribution in [0.4, 0.5) is 0 Å². The van der Waals surface area contributed by atoms with E-state index in [9.17, 15) is 0 Å². The van der Waals surface area contributed by atoms with E-state index in [1.165, 1.54) is 12.0 Å². The van der Waals surface area contributed by atoms with Crippen LogP contribution in [0.2, 0.25) is 5.02 Å². The maximum Gasteiger partial charge on any atom is 0.161 e. The maximum atomic E-state index is 6.66. The predicted molar refractivity (Wildman–Crippen MR) is 115 cm³/mol. The van der Waals surface area contributed by atoms with Gasteiger partial charge in [0.15, 0.2) is 11.5 Å². The quantitative estimate of drug-likeness (QED) is 0.572. The highest BCUT2D eigenvalue weighted by Crippen LogP contribution is 2.39. The Morgan fingerprint density at radius 1 is 1.00 bits per heavy atom. The lowest BCUT2D eigenvalue weighted by Gasteiger charge is -2.27. The van der Waals surface area contributed by atoms with Crippen molar-refractivity contribution in [3.63, 3.8) is 0 Å². The minimum atomic E-state index is 0.373. The first-order chi connectivity index (χ1) is 14.3. The molecular weight excluding hydrogens is 384 g/mol. The zero-order valence-electron chi connectivity index (χ0n) is 16.2. The summed E-state index contributed by atoms with van der Waals surface area (Å²) in [5.74, 6) is 1.70. The second-order valence-corrected chi connectivity index (χ2v) is 7.96. The van der Waals surface area contributed by atoms with Gasteiger partial charge in [0.25, 0.3) is 0 Å². The summed E-state index contributed by atoms with van der Waals surface area (Å²) >= 11 is 6.66. The fraction of sp³-hybridized carbons (Fsp3) is 0.292. The molecule has 2 aromatic carbocycles. The topological polar surface area (TPSA) is 34.6 Å². The number of rotatable bonds is 4. The van der Waals surface area contributed by atoms with Gasteiger partial charge < -0.3 is 9.47 Å². The van der Waals surface area contributed by atoms with Gasteiger partial charge in [-0.3, -0.25) is 9.88 Å². The van der Waals surface area contributed by atoms with Crippen molar-refractivity contribution in [2.45, 2.75) is 25.4 Å². The monoisotopic (exact) mass is 406 g/mol. The van der Waals surface area contributed by atoms with Gasteiger partial charge in [-0.2, -0.15) is 0 Å². The maximum absolute atomic E-state index is 6.66. The van der Waals surface area contributed by atoms with Crippen LogP contribution in [0.3, 0.4) is 0 Å². The van der Waals surface area contributed by atoms with E-state index in [-0.39, 0.29) is 0 Å². The van der Waals surface area contributed by atoms with E-state index < -0.39 is 0 Å². The van der Waals surface area contributed by atoms with E-state index in [1.807, 2.05) is 30.3 Å². The Morgan fingerprint density at radius 3 is 2.72 bits per heavy atom. The lowest BCUT2D eigenvalue weighted by Crippen LogP contribution is -2.23. The Morgan fingerprint density at radius 2 is 1.90 bits per heavy atom. The lowest BCUT2D eigenvalue weighted by atomic mass is 10.0. The molecule has 0 N–H and O–H groups in total. The first-order valence-corrected chi connectivity index (χ1v) is 10.5. The van der Waals surface area contributed by atoms with Crippen molar-refractivity contribution in [3.05, 3.63) is 76.9 Å². The summed E-state index contributed by atoms with van der Waals surface area (Å²) in [6.07, 6.45) is 4.13. The first-order valence-electron chi connectivity index (χ1n) is 10.1. The summed E-state index contributed by atoms with van der Waals surface area (Å²) < 4.78 is 11.4. The van der Waals surface area contributed by atoms with Crippen LogP contribution < -0.4 is 9.47 Å². The molecule has 4 nitrogen and oxygen atoms in total. The van der Waals surface area contributed by atoms with Crippen LogP contribution in [-0.4, -0.2) is 29.6 Å². The Kier molecular flexibility index (Phi) is 5.13. The largest absolute Gasteiger partial charge is 0.486 e. The number of aromatic nitrogens is 1. The summed E-state index contributed by atoms with van der Waals surface area (Å²) in [5.41, 5.74) is 4.42. The molecule has 1 fully saturated rings. The molecule has 0 saturated carbocycles. The van der Waals surface area contributed by atoms with Crippen LogP contribution in [-0.2, 0) is 6.54 Å². The van der Waals surface area contributed by atoms with Gasteiger partial charge in [0, 0.05) is 29.4 Å². The molecule has 0 bridgehead atoms. The molecule has 0 aliphatic carbocycles. The van der Waals surface area contributed by atoms with Gasteiger partial charge in [-0.15, -0.1) is 0 Å². The normalized spacial score (nSPS) is 18.7. The molecule has 0 radical (unpaired) electrons. The van der Waals surface area contributed by atoms with Crippen molar-refractivity contribution in [2.24, 2.45) is 0 Å². The Labute approximate surface area is 176 Å². The highest BCUT2D eigenvalue weighted by atomic mass is 35.5. The molecule has 1 atom stereocenters.